The van der Waals surface area contributed by atoms with E-state index in [-0.39, 0.29) is 31.1 Å². The highest BCUT2D eigenvalue weighted by atomic mass is 16.6. The smallest absolute Gasteiger partial charge is 0.306 e. The summed E-state index contributed by atoms with van der Waals surface area (Å²) in [6.45, 7) is 6.49. The van der Waals surface area contributed by atoms with E-state index in [1.165, 1.54) is 244 Å². The van der Waals surface area contributed by atoms with Crippen LogP contribution in [-0.2, 0) is 28.6 Å². The predicted octanol–water partition coefficient (Wildman–Crippen LogP) is 25.2. The molecule has 0 amide bonds. The minimum Gasteiger partial charge on any atom is -0.462 e. The van der Waals surface area contributed by atoms with Crippen LogP contribution >= 0.6 is 0 Å². The van der Waals surface area contributed by atoms with Crippen molar-refractivity contribution in [2.75, 3.05) is 13.2 Å². The molecule has 0 fully saturated rings. The van der Waals surface area contributed by atoms with E-state index in [1.54, 1.807) is 0 Å². The Morgan fingerprint density at radius 2 is 0.470 bits per heavy atom. The van der Waals surface area contributed by atoms with Gasteiger partial charge in [-0.15, -0.1) is 0 Å². The van der Waals surface area contributed by atoms with Crippen LogP contribution in [0.5, 0.6) is 0 Å². The van der Waals surface area contributed by atoms with Gasteiger partial charge in [0.2, 0.25) is 0 Å². The molecule has 0 aliphatic heterocycles. The highest BCUT2D eigenvalue weighted by molar-refractivity contribution is 5.71. The van der Waals surface area contributed by atoms with Crippen molar-refractivity contribution >= 4 is 17.9 Å². The lowest BCUT2D eigenvalue weighted by Gasteiger charge is -2.18. The van der Waals surface area contributed by atoms with Crippen molar-refractivity contribution in [2.24, 2.45) is 0 Å². The SMILES string of the molecule is CC/C=C\C/C=C\C/C=C\C/C=C\CCCCCCCCCCCCCCCCCCCCCCC(=O)OCC(COC(=O)CCCCCCC)OC(=O)CCCCCCCCCCCCCCCCC/C=C\C/C=C\CCCCCCC. The van der Waals surface area contributed by atoms with E-state index in [4.69, 9.17) is 14.2 Å². The van der Waals surface area contributed by atoms with Crippen molar-refractivity contribution < 1.29 is 28.6 Å². The second-order valence-corrected chi connectivity index (χ2v) is 24.5. The Labute approximate surface area is 516 Å². The molecular weight excluding hydrogens is 1020 g/mol. The van der Waals surface area contributed by atoms with Gasteiger partial charge in [-0.2, -0.15) is 0 Å². The summed E-state index contributed by atoms with van der Waals surface area (Å²) in [6, 6.07) is 0. The molecule has 0 aliphatic carbocycles. The summed E-state index contributed by atoms with van der Waals surface area (Å²) >= 11 is 0. The van der Waals surface area contributed by atoms with Gasteiger partial charge in [0, 0.05) is 19.3 Å². The molecule has 6 nitrogen and oxygen atoms in total. The first-order valence-corrected chi connectivity index (χ1v) is 36.4. The third-order valence-electron chi connectivity index (χ3n) is 16.2. The molecule has 0 spiro atoms. The largest absolute Gasteiger partial charge is 0.462 e. The van der Waals surface area contributed by atoms with Gasteiger partial charge in [0.15, 0.2) is 6.10 Å². The van der Waals surface area contributed by atoms with Gasteiger partial charge >= 0.3 is 17.9 Å². The molecule has 482 valence electrons. The summed E-state index contributed by atoms with van der Waals surface area (Å²) in [5.74, 6) is -0.862. The van der Waals surface area contributed by atoms with Crippen molar-refractivity contribution in [1.82, 2.24) is 0 Å². The van der Waals surface area contributed by atoms with Crippen molar-refractivity contribution in [1.29, 1.82) is 0 Å². The first-order valence-electron chi connectivity index (χ1n) is 36.4. The van der Waals surface area contributed by atoms with E-state index >= 15 is 0 Å². The highest BCUT2D eigenvalue weighted by Gasteiger charge is 2.19. The van der Waals surface area contributed by atoms with Crippen LogP contribution in [0.1, 0.15) is 380 Å². The lowest BCUT2D eigenvalue weighted by molar-refractivity contribution is -0.167. The Balaban J connectivity index is 3.91. The third-order valence-corrected chi connectivity index (χ3v) is 16.2. The summed E-state index contributed by atoms with van der Waals surface area (Å²) in [6.07, 6.45) is 94.3. The average Bonchev–Trinajstić information content (AvgIpc) is 3.49. The van der Waals surface area contributed by atoms with Crippen molar-refractivity contribution in [3.05, 3.63) is 72.9 Å². The fourth-order valence-corrected chi connectivity index (χ4v) is 10.8. The summed E-state index contributed by atoms with van der Waals surface area (Å²) in [5.41, 5.74) is 0. The quantitative estimate of drug-likeness (QED) is 0.0261. The molecule has 0 aromatic heterocycles. The van der Waals surface area contributed by atoms with Gasteiger partial charge in [0.05, 0.1) is 0 Å². The molecule has 1 atom stereocenters. The van der Waals surface area contributed by atoms with Gasteiger partial charge in [0.1, 0.15) is 13.2 Å². The maximum Gasteiger partial charge on any atom is 0.306 e. The molecule has 83 heavy (non-hydrogen) atoms. The molecule has 1 unspecified atom stereocenters. The van der Waals surface area contributed by atoms with Gasteiger partial charge in [-0.25, -0.2) is 0 Å². The van der Waals surface area contributed by atoms with Crippen molar-refractivity contribution in [2.45, 2.75) is 386 Å². The number of carbonyl (C=O) groups is 3. The minimum atomic E-state index is -0.769. The fourth-order valence-electron chi connectivity index (χ4n) is 10.8. The lowest BCUT2D eigenvalue weighted by atomic mass is 10.0. The fraction of sp³-hybridized carbons (Fsp3) is 0.805. The van der Waals surface area contributed by atoms with E-state index in [1.807, 2.05) is 0 Å². The molecule has 0 saturated heterocycles. The zero-order chi connectivity index (χ0) is 59.9. The molecular formula is C77H138O6. The Morgan fingerprint density at radius 3 is 0.735 bits per heavy atom. The number of hydrogen-bond donors (Lipinski definition) is 0. The normalized spacial score (nSPS) is 12.5. The van der Waals surface area contributed by atoms with E-state index in [0.717, 1.165) is 96.3 Å². The Morgan fingerprint density at radius 1 is 0.253 bits per heavy atom. The van der Waals surface area contributed by atoms with Crippen LogP contribution in [-0.4, -0.2) is 37.2 Å². The molecule has 0 radical (unpaired) electrons. The maximum absolute atomic E-state index is 12.9. The van der Waals surface area contributed by atoms with Crippen LogP contribution in [0.25, 0.3) is 0 Å². The van der Waals surface area contributed by atoms with E-state index in [2.05, 4.69) is 93.7 Å². The highest BCUT2D eigenvalue weighted by Crippen LogP contribution is 2.18. The number of allylic oxidation sites excluding steroid dienone is 12. The summed E-state index contributed by atoms with van der Waals surface area (Å²) in [5, 5.41) is 0. The van der Waals surface area contributed by atoms with Crippen molar-refractivity contribution in [3.8, 4) is 0 Å². The van der Waals surface area contributed by atoms with Crippen LogP contribution in [0, 0.1) is 0 Å². The molecule has 0 N–H and O–H groups in total. The Kier molecular flexibility index (Phi) is 68.6. The zero-order valence-corrected chi connectivity index (χ0v) is 55.5. The monoisotopic (exact) mass is 1160 g/mol. The molecule has 0 aliphatic rings. The molecule has 0 bridgehead atoms. The van der Waals surface area contributed by atoms with Crippen LogP contribution in [0.2, 0.25) is 0 Å². The van der Waals surface area contributed by atoms with Crippen molar-refractivity contribution in [3.63, 3.8) is 0 Å². The van der Waals surface area contributed by atoms with E-state index in [0.29, 0.717) is 19.3 Å². The second kappa shape index (κ2) is 71.3. The van der Waals surface area contributed by atoms with Crippen LogP contribution < -0.4 is 0 Å². The Hall–Kier alpha value is -3.15. The Bertz CT molecular complexity index is 1520. The minimum absolute atomic E-state index is 0.0698. The van der Waals surface area contributed by atoms with Gasteiger partial charge in [0.25, 0.3) is 0 Å². The maximum atomic E-state index is 12.9. The standard InChI is InChI=1S/C77H138O6/c1-4-7-10-13-15-17-19-21-23-25-27-29-31-33-35-36-37-38-39-40-42-43-45-47-49-51-53-55-57-59-61-64-67-70-76(79)82-73-74(72-81-75(78)69-66-63-12-9-6-3)83-77(80)71-68-65-62-60-58-56-54-52-50-48-46-44-41-34-32-30-28-26-24-22-20-18-16-14-11-8-5-2/h7,10,15,17,20-23,26-29,74H,4-6,8-9,11-14,16,18-19,24-25,30-73H2,1-3H3/b10-7-,17-15-,22-20-,23-21-,28-26-,29-27-. The lowest BCUT2D eigenvalue weighted by Crippen LogP contribution is -2.30. The second-order valence-electron chi connectivity index (χ2n) is 24.5. The third kappa shape index (κ3) is 69.5. The average molecular weight is 1160 g/mol. The number of rotatable bonds is 67. The predicted molar refractivity (Wildman–Crippen MR) is 362 cm³/mol. The molecule has 0 heterocycles. The van der Waals surface area contributed by atoms with Gasteiger partial charge in [-0.1, -0.05) is 344 Å². The number of esters is 3. The summed E-state index contributed by atoms with van der Waals surface area (Å²) in [7, 11) is 0. The van der Waals surface area contributed by atoms with E-state index in [9.17, 15) is 14.4 Å². The zero-order valence-electron chi connectivity index (χ0n) is 55.5. The molecule has 6 heteroatoms. The summed E-state index contributed by atoms with van der Waals surface area (Å²) < 4.78 is 16.8. The van der Waals surface area contributed by atoms with Gasteiger partial charge < -0.3 is 14.2 Å². The summed E-state index contributed by atoms with van der Waals surface area (Å²) in [4.78, 5) is 38.1. The first-order chi connectivity index (χ1) is 41.0. The van der Waals surface area contributed by atoms with Gasteiger partial charge in [-0.3, -0.25) is 14.4 Å². The number of hydrogen-bond acceptors (Lipinski definition) is 6. The van der Waals surface area contributed by atoms with E-state index < -0.39 is 6.10 Å². The number of unbranched alkanes of at least 4 members (excludes halogenated alkanes) is 44. The van der Waals surface area contributed by atoms with Gasteiger partial charge in [-0.05, 0) is 89.9 Å². The number of carbonyl (C=O) groups excluding carboxylic acids is 3. The topological polar surface area (TPSA) is 78.9 Å². The first kappa shape index (κ1) is 79.8. The molecule has 0 aromatic carbocycles. The van der Waals surface area contributed by atoms with Crippen LogP contribution in [0.4, 0.5) is 0 Å². The molecule has 0 aromatic rings. The molecule has 0 rings (SSSR count). The number of ether oxygens (including phenoxy) is 3. The van der Waals surface area contributed by atoms with Crippen LogP contribution in [0.3, 0.4) is 0 Å². The molecule has 0 saturated carbocycles. The van der Waals surface area contributed by atoms with Crippen LogP contribution in [0.15, 0.2) is 72.9 Å².